The van der Waals surface area contributed by atoms with Gasteiger partial charge in [0.05, 0.1) is 4.90 Å². The monoisotopic (exact) mass is 368 g/mol. The fourth-order valence-corrected chi connectivity index (χ4v) is 3.97. The highest BCUT2D eigenvalue weighted by Crippen LogP contribution is 2.24. The van der Waals surface area contributed by atoms with Crippen LogP contribution in [-0.4, -0.2) is 44.4 Å². The van der Waals surface area contributed by atoms with Gasteiger partial charge in [0, 0.05) is 19.0 Å². The van der Waals surface area contributed by atoms with Crippen molar-refractivity contribution < 1.29 is 30.8 Å². The average Bonchev–Trinajstić information content (AvgIpc) is 2.52. The minimum Gasteiger partial charge on any atom is -0.347 e. The lowest BCUT2D eigenvalue weighted by atomic mass is 9.97. The molecule has 2 rings (SSSR count). The smallest absolute Gasteiger partial charge is 0.347 e. The van der Waals surface area contributed by atoms with Crippen LogP contribution < -0.4 is 5.32 Å². The van der Waals surface area contributed by atoms with Gasteiger partial charge in [0.2, 0.25) is 15.9 Å². The van der Waals surface area contributed by atoms with Crippen molar-refractivity contribution in [1.82, 2.24) is 9.62 Å². The van der Waals surface area contributed by atoms with E-state index in [-0.39, 0.29) is 30.8 Å². The van der Waals surface area contributed by atoms with Crippen LogP contribution in [0.3, 0.4) is 0 Å². The minimum absolute atomic E-state index is 0.0110. The van der Waals surface area contributed by atoms with Gasteiger partial charge in [-0.2, -0.15) is 17.5 Å². The number of benzene rings is 1. The first-order valence-corrected chi connectivity index (χ1v) is 8.64. The zero-order chi connectivity index (χ0) is 18.0. The summed E-state index contributed by atoms with van der Waals surface area (Å²) < 4.78 is 75.3. The Morgan fingerprint density at radius 2 is 1.88 bits per heavy atom. The fourth-order valence-electron chi connectivity index (χ4n) is 2.47. The van der Waals surface area contributed by atoms with E-state index in [0.29, 0.717) is 0 Å². The van der Waals surface area contributed by atoms with Crippen molar-refractivity contribution in [3.63, 3.8) is 0 Å². The quantitative estimate of drug-likeness (QED) is 0.826. The summed E-state index contributed by atoms with van der Waals surface area (Å²) in [7, 11) is -3.89. The number of carbonyl (C=O) groups excluding carboxylic acids is 1. The van der Waals surface area contributed by atoms with Gasteiger partial charge in [-0.1, -0.05) is 6.07 Å². The average molecular weight is 368 g/mol. The maximum Gasteiger partial charge on any atom is 0.405 e. The van der Waals surface area contributed by atoms with Crippen LogP contribution in [0.1, 0.15) is 12.8 Å². The summed E-state index contributed by atoms with van der Waals surface area (Å²) in [6.07, 6.45) is -4.27. The molecule has 0 radical (unpaired) electrons. The molecule has 134 valence electrons. The molecule has 0 aliphatic carbocycles. The lowest BCUT2D eigenvalue weighted by Gasteiger charge is -2.30. The van der Waals surface area contributed by atoms with Crippen molar-refractivity contribution in [2.24, 2.45) is 5.92 Å². The zero-order valence-corrected chi connectivity index (χ0v) is 13.3. The molecule has 1 fully saturated rings. The van der Waals surface area contributed by atoms with Crippen LogP contribution in [0.4, 0.5) is 17.6 Å². The van der Waals surface area contributed by atoms with E-state index in [9.17, 15) is 30.8 Å². The van der Waals surface area contributed by atoms with Gasteiger partial charge in [0.15, 0.2) is 0 Å². The maximum atomic E-state index is 13.2. The van der Waals surface area contributed by atoms with Crippen molar-refractivity contribution in [2.45, 2.75) is 23.9 Å². The number of amides is 1. The first kappa shape index (κ1) is 18.7. The van der Waals surface area contributed by atoms with Crippen molar-refractivity contribution in [3.8, 4) is 0 Å². The lowest BCUT2D eigenvalue weighted by molar-refractivity contribution is -0.141. The Morgan fingerprint density at radius 3 is 2.42 bits per heavy atom. The highest BCUT2D eigenvalue weighted by molar-refractivity contribution is 7.89. The van der Waals surface area contributed by atoms with Gasteiger partial charge >= 0.3 is 6.18 Å². The largest absolute Gasteiger partial charge is 0.405 e. The molecule has 0 saturated carbocycles. The molecule has 10 heteroatoms. The Morgan fingerprint density at radius 1 is 1.25 bits per heavy atom. The Labute approximate surface area is 136 Å². The van der Waals surface area contributed by atoms with Gasteiger partial charge in [-0.15, -0.1) is 0 Å². The molecule has 1 aliphatic rings. The Bertz CT molecular complexity index is 698. The van der Waals surface area contributed by atoms with E-state index in [1.165, 1.54) is 12.1 Å². The first-order chi connectivity index (χ1) is 11.1. The number of hydrogen-bond acceptors (Lipinski definition) is 3. The summed E-state index contributed by atoms with van der Waals surface area (Å²) in [5, 5.41) is 1.80. The van der Waals surface area contributed by atoms with Gasteiger partial charge in [-0.3, -0.25) is 4.79 Å². The molecular formula is C14H16F4N2O3S. The van der Waals surface area contributed by atoms with E-state index in [1.54, 1.807) is 5.32 Å². The van der Waals surface area contributed by atoms with Crippen LogP contribution in [0.15, 0.2) is 29.2 Å². The standard InChI is InChI=1S/C14H16F4N2O3S/c15-11-2-1-3-12(8-11)24(22,23)20-6-4-10(5-7-20)13(21)19-9-14(16,17)18/h1-3,8,10H,4-7,9H2,(H,19,21). The Kier molecular flexibility index (Phi) is 5.49. The van der Waals surface area contributed by atoms with Crippen LogP contribution in [-0.2, 0) is 14.8 Å². The molecule has 0 spiro atoms. The van der Waals surface area contributed by atoms with Gasteiger partial charge in [0.1, 0.15) is 12.4 Å². The van der Waals surface area contributed by atoms with E-state index in [1.807, 2.05) is 0 Å². The van der Waals surface area contributed by atoms with Gasteiger partial charge < -0.3 is 5.32 Å². The molecule has 0 aromatic heterocycles. The number of piperidine rings is 1. The third-order valence-electron chi connectivity index (χ3n) is 3.72. The van der Waals surface area contributed by atoms with Crippen molar-refractivity contribution in [3.05, 3.63) is 30.1 Å². The predicted octanol–water partition coefficient (Wildman–Crippen LogP) is 1.90. The molecule has 0 atom stereocenters. The second-order valence-corrected chi connectivity index (χ2v) is 7.41. The summed E-state index contributed by atoms with van der Waals surface area (Å²) in [5.41, 5.74) is 0. The van der Waals surface area contributed by atoms with Gasteiger partial charge in [0.25, 0.3) is 0 Å². The summed E-state index contributed by atoms with van der Waals surface area (Å²) in [6.45, 7) is -1.43. The molecule has 0 unspecified atom stereocenters. The predicted molar refractivity (Wildman–Crippen MR) is 76.9 cm³/mol. The van der Waals surface area contributed by atoms with Gasteiger partial charge in [-0.05, 0) is 31.0 Å². The van der Waals surface area contributed by atoms with E-state index in [0.717, 1.165) is 16.4 Å². The van der Waals surface area contributed by atoms with E-state index >= 15 is 0 Å². The van der Waals surface area contributed by atoms with Crippen LogP contribution in [0.5, 0.6) is 0 Å². The molecule has 1 aromatic carbocycles. The number of carbonyl (C=O) groups is 1. The Balaban J connectivity index is 1.96. The summed E-state index contributed by atoms with van der Waals surface area (Å²) >= 11 is 0. The van der Waals surface area contributed by atoms with Crippen molar-refractivity contribution >= 4 is 15.9 Å². The number of nitrogens with zero attached hydrogens (tertiary/aromatic N) is 1. The second kappa shape index (κ2) is 7.06. The van der Waals surface area contributed by atoms with E-state index in [2.05, 4.69) is 0 Å². The summed E-state index contributed by atoms with van der Waals surface area (Å²) in [5.74, 6) is -2.10. The molecule has 1 N–H and O–H groups in total. The molecule has 1 amide bonds. The molecular weight excluding hydrogens is 352 g/mol. The van der Waals surface area contributed by atoms with Crippen LogP contribution >= 0.6 is 0 Å². The zero-order valence-electron chi connectivity index (χ0n) is 12.5. The molecule has 1 heterocycles. The lowest BCUT2D eigenvalue weighted by Crippen LogP contribution is -2.44. The molecule has 1 aliphatic heterocycles. The highest BCUT2D eigenvalue weighted by Gasteiger charge is 2.34. The number of halogens is 4. The minimum atomic E-state index is -4.49. The normalized spacial score (nSPS) is 17.7. The summed E-state index contributed by atoms with van der Waals surface area (Å²) in [6, 6.07) is 4.56. The first-order valence-electron chi connectivity index (χ1n) is 7.20. The molecule has 24 heavy (non-hydrogen) atoms. The maximum absolute atomic E-state index is 13.2. The molecule has 5 nitrogen and oxygen atoms in total. The van der Waals surface area contributed by atoms with Crippen LogP contribution in [0.2, 0.25) is 0 Å². The van der Waals surface area contributed by atoms with Crippen LogP contribution in [0, 0.1) is 11.7 Å². The molecule has 1 aromatic rings. The fraction of sp³-hybridized carbons (Fsp3) is 0.500. The second-order valence-electron chi connectivity index (χ2n) is 5.47. The number of sulfonamides is 1. The molecule has 0 bridgehead atoms. The number of nitrogens with one attached hydrogen (secondary N) is 1. The third kappa shape index (κ3) is 4.67. The number of alkyl halides is 3. The number of hydrogen-bond donors (Lipinski definition) is 1. The van der Waals surface area contributed by atoms with Gasteiger partial charge in [-0.25, -0.2) is 12.8 Å². The van der Waals surface area contributed by atoms with E-state index in [4.69, 9.17) is 0 Å². The molecule has 1 saturated heterocycles. The van der Waals surface area contributed by atoms with E-state index < -0.39 is 40.4 Å². The topological polar surface area (TPSA) is 66.5 Å². The SMILES string of the molecule is O=C(NCC(F)(F)F)C1CCN(S(=O)(=O)c2cccc(F)c2)CC1. The third-order valence-corrected chi connectivity index (χ3v) is 5.62. The number of rotatable bonds is 4. The van der Waals surface area contributed by atoms with Crippen LogP contribution in [0.25, 0.3) is 0 Å². The van der Waals surface area contributed by atoms with Crippen molar-refractivity contribution in [2.75, 3.05) is 19.6 Å². The van der Waals surface area contributed by atoms with Crippen molar-refractivity contribution in [1.29, 1.82) is 0 Å². The summed E-state index contributed by atoms with van der Waals surface area (Å²) in [4.78, 5) is 11.5. The Hall–Kier alpha value is -1.68. The highest BCUT2D eigenvalue weighted by atomic mass is 32.2.